The van der Waals surface area contributed by atoms with E-state index in [0.29, 0.717) is 18.0 Å². The van der Waals surface area contributed by atoms with Crippen LogP contribution >= 0.6 is 0 Å². The molecule has 1 atom stereocenters. The van der Waals surface area contributed by atoms with Gasteiger partial charge in [0, 0.05) is 19.1 Å². The molecule has 1 unspecified atom stereocenters. The fourth-order valence-corrected chi connectivity index (χ4v) is 4.39. The molecule has 1 N–H and O–H groups in total. The fourth-order valence-electron chi connectivity index (χ4n) is 2.63. The molecule has 0 saturated carbocycles. The maximum atomic E-state index is 12.7. The van der Waals surface area contributed by atoms with Crippen LogP contribution in [0.2, 0.25) is 0 Å². The first kappa shape index (κ1) is 14.5. The number of rotatable bonds is 5. The van der Waals surface area contributed by atoms with Crippen LogP contribution in [0.3, 0.4) is 0 Å². The molecule has 2 rings (SSSR count). The zero-order valence-corrected chi connectivity index (χ0v) is 12.4. The summed E-state index contributed by atoms with van der Waals surface area (Å²) in [6, 6.07) is 7.37. The van der Waals surface area contributed by atoms with Gasteiger partial charge in [0.15, 0.2) is 0 Å². The Kier molecular flexibility index (Phi) is 4.60. The monoisotopic (exact) mass is 282 g/mol. The van der Waals surface area contributed by atoms with Crippen LogP contribution in [-0.4, -0.2) is 38.9 Å². The molecule has 1 aromatic carbocycles. The van der Waals surface area contributed by atoms with Gasteiger partial charge in [-0.3, -0.25) is 0 Å². The van der Waals surface area contributed by atoms with Crippen LogP contribution < -0.4 is 5.32 Å². The van der Waals surface area contributed by atoms with E-state index in [9.17, 15) is 8.42 Å². The van der Waals surface area contributed by atoms with Crippen LogP contribution in [0.15, 0.2) is 29.2 Å². The SMILES string of the molecule is CCc1cccc(S(=O)(=O)N2CCCC2CNC)c1. The van der Waals surface area contributed by atoms with E-state index in [1.54, 1.807) is 16.4 Å². The third-order valence-corrected chi connectivity index (χ3v) is 5.62. The predicted molar refractivity (Wildman–Crippen MR) is 76.7 cm³/mol. The molecule has 1 heterocycles. The Balaban J connectivity index is 2.30. The number of nitrogens with zero attached hydrogens (tertiary/aromatic N) is 1. The molecule has 4 nitrogen and oxygen atoms in total. The van der Waals surface area contributed by atoms with E-state index in [1.165, 1.54) is 0 Å². The van der Waals surface area contributed by atoms with E-state index >= 15 is 0 Å². The summed E-state index contributed by atoms with van der Waals surface area (Å²) < 4.78 is 27.0. The summed E-state index contributed by atoms with van der Waals surface area (Å²) >= 11 is 0. The normalized spacial score (nSPS) is 20.8. The van der Waals surface area contributed by atoms with Crippen molar-refractivity contribution in [2.75, 3.05) is 20.1 Å². The lowest BCUT2D eigenvalue weighted by molar-refractivity contribution is 0.379. The van der Waals surface area contributed by atoms with Gasteiger partial charge in [-0.25, -0.2) is 8.42 Å². The Morgan fingerprint density at radius 3 is 2.89 bits per heavy atom. The molecule has 0 bridgehead atoms. The lowest BCUT2D eigenvalue weighted by Crippen LogP contribution is -2.40. The Morgan fingerprint density at radius 1 is 1.42 bits per heavy atom. The van der Waals surface area contributed by atoms with E-state index in [0.717, 1.165) is 24.8 Å². The third kappa shape index (κ3) is 2.99. The van der Waals surface area contributed by atoms with Gasteiger partial charge in [0.25, 0.3) is 0 Å². The summed E-state index contributed by atoms with van der Waals surface area (Å²) in [5, 5.41) is 3.08. The second-order valence-electron chi connectivity index (χ2n) is 4.97. The third-order valence-electron chi connectivity index (χ3n) is 3.68. The van der Waals surface area contributed by atoms with E-state index in [-0.39, 0.29) is 6.04 Å². The van der Waals surface area contributed by atoms with Crippen molar-refractivity contribution < 1.29 is 8.42 Å². The van der Waals surface area contributed by atoms with Gasteiger partial charge in [0.1, 0.15) is 0 Å². The highest BCUT2D eigenvalue weighted by molar-refractivity contribution is 7.89. The van der Waals surface area contributed by atoms with Gasteiger partial charge in [-0.05, 0) is 44.0 Å². The van der Waals surface area contributed by atoms with Gasteiger partial charge >= 0.3 is 0 Å². The van der Waals surface area contributed by atoms with Gasteiger partial charge in [0.05, 0.1) is 4.90 Å². The van der Waals surface area contributed by atoms with Gasteiger partial charge in [-0.2, -0.15) is 4.31 Å². The standard InChI is InChI=1S/C14H22N2O2S/c1-3-12-6-4-8-14(10-12)19(17,18)16-9-5-7-13(16)11-15-2/h4,6,8,10,13,15H,3,5,7,9,11H2,1-2H3. The first-order chi connectivity index (χ1) is 9.09. The topological polar surface area (TPSA) is 49.4 Å². The van der Waals surface area contributed by atoms with Crippen molar-refractivity contribution in [1.82, 2.24) is 9.62 Å². The van der Waals surface area contributed by atoms with Crippen LogP contribution in [0, 0.1) is 0 Å². The van der Waals surface area contributed by atoms with Crippen LogP contribution in [-0.2, 0) is 16.4 Å². The maximum absolute atomic E-state index is 12.7. The molecule has 0 aromatic heterocycles. The molecular weight excluding hydrogens is 260 g/mol. The molecule has 1 fully saturated rings. The molecule has 0 amide bonds. The highest BCUT2D eigenvalue weighted by Gasteiger charge is 2.34. The second-order valence-corrected chi connectivity index (χ2v) is 6.86. The average molecular weight is 282 g/mol. The number of likely N-dealkylation sites (N-methyl/N-ethyl adjacent to an activating group) is 1. The number of aryl methyl sites for hydroxylation is 1. The second kappa shape index (κ2) is 6.03. The molecular formula is C14H22N2O2S. The number of hydrogen-bond acceptors (Lipinski definition) is 3. The van der Waals surface area contributed by atoms with E-state index in [2.05, 4.69) is 5.32 Å². The highest BCUT2D eigenvalue weighted by Crippen LogP contribution is 2.26. The maximum Gasteiger partial charge on any atom is 0.243 e. The van der Waals surface area contributed by atoms with E-state index in [4.69, 9.17) is 0 Å². The van der Waals surface area contributed by atoms with Crippen molar-refractivity contribution in [2.45, 2.75) is 37.1 Å². The summed E-state index contributed by atoms with van der Waals surface area (Å²) in [5.41, 5.74) is 1.06. The molecule has 106 valence electrons. The zero-order chi connectivity index (χ0) is 13.9. The number of nitrogens with one attached hydrogen (secondary N) is 1. The first-order valence-corrected chi connectivity index (χ1v) is 8.29. The predicted octanol–water partition coefficient (Wildman–Crippen LogP) is 1.62. The Hall–Kier alpha value is -0.910. The molecule has 1 aliphatic rings. The van der Waals surface area contributed by atoms with Gasteiger partial charge in [0.2, 0.25) is 10.0 Å². The van der Waals surface area contributed by atoms with Crippen molar-refractivity contribution in [3.05, 3.63) is 29.8 Å². The summed E-state index contributed by atoms with van der Waals surface area (Å²) in [6.07, 6.45) is 2.73. The van der Waals surface area contributed by atoms with Gasteiger partial charge < -0.3 is 5.32 Å². The quantitative estimate of drug-likeness (QED) is 0.893. The molecule has 1 saturated heterocycles. The molecule has 0 aliphatic carbocycles. The Labute approximate surface area is 115 Å². The molecule has 1 aliphatic heterocycles. The van der Waals surface area contributed by atoms with Crippen LogP contribution in [0.4, 0.5) is 0 Å². The molecule has 19 heavy (non-hydrogen) atoms. The van der Waals surface area contributed by atoms with Crippen molar-refractivity contribution in [3.8, 4) is 0 Å². The average Bonchev–Trinajstić information content (AvgIpc) is 2.88. The lowest BCUT2D eigenvalue weighted by Gasteiger charge is -2.24. The number of sulfonamides is 1. The fraction of sp³-hybridized carbons (Fsp3) is 0.571. The summed E-state index contributed by atoms with van der Waals surface area (Å²) in [5.74, 6) is 0. The summed E-state index contributed by atoms with van der Waals surface area (Å²) in [4.78, 5) is 0.426. The minimum Gasteiger partial charge on any atom is -0.318 e. The lowest BCUT2D eigenvalue weighted by atomic mass is 10.2. The minimum absolute atomic E-state index is 0.0836. The molecule has 1 aromatic rings. The van der Waals surface area contributed by atoms with Crippen LogP contribution in [0.1, 0.15) is 25.3 Å². The smallest absolute Gasteiger partial charge is 0.243 e. The Bertz CT molecular complexity index is 528. The number of hydrogen-bond donors (Lipinski definition) is 1. The molecule has 5 heteroatoms. The summed E-state index contributed by atoms with van der Waals surface area (Å²) in [6.45, 7) is 3.38. The largest absolute Gasteiger partial charge is 0.318 e. The van der Waals surface area contributed by atoms with Crippen molar-refractivity contribution in [3.63, 3.8) is 0 Å². The van der Waals surface area contributed by atoms with E-state index in [1.807, 2.05) is 26.1 Å². The van der Waals surface area contributed by atoms with Crippen LogP contribution in [0.25, 0.3) is 0 Å². The van der Waals surface area contributed by atoms with Gasteiger partial charge in [-0.15, -0.1) is 0 Å². The summed E-state index contributed by atoms with van der Waals surface area (Å²) in [7, 11) is -1.49. The number of benzene rings is 1. The minimum atomic E-state index is -3.35. The van der Waals surface area contributed by atoms with E-state index < -0.39 is 10.0 Å². The van der Waals surface area contributed by atoms with Crippen LogP contribution in [0.5, 0.6) is 0 Å². The Morgan fingerprint density at radius 2 is 2.21 bits per heavy atom. The van der Waals surface area contributed by atoms with Crippen molar-refractivity contribution in [2.24, 2.45) is 0 Å². The molecule has 0 radical (unpaired) electrons. The van der Waals surface area contributed by atoms with Crippen molar-refractivity contribution >= 4 is 10.0 Å². The highest BCUT2D eigenvalue weighted by atomic mass is 32.2. The first-order valence-electron chi connectivity index (χ1n) is 6.85. The van der Waals surface area contributed by atoms with Crippen molar-refractivity contribution in [1.29, 1.82) is 0 Å². The van der Waals surface area contributed by atoms with Gasteiger partial charge in [-0.1, -0.05) is 19.1 Å². The molecule has 0 spiro atoms. The zero-order valence-electron chi connectivity index (χ0n) is 11.6.